The van der Waals surface area contributed by atoms with Crippen LogP contribution in [0.2, 0.25) is 0 Å². The Labute approximate surface area is 125 Å². The van der Waals surface area contributed by atoms with Gasteiger partial charge in [-0.25, -0.2) is 0 Å². The van der Waals surface area contributed by atoms with Crippen LogP contribution in [-0.2, 0) is 6.54 Å². The lowest BCUT2D eigenvalue weighted by Crippen LogP contribution is -2.41. The molecule has 2 heterocycles. The summed E-state index contributed by atoms with van der Waals surface area (Å²) >= 11 is 0. The Morgan fingerprint density at radius 3 is 3.00 bits per heavy atom. The van der Waals surface area contributed by atoms with Gasteiger partial charge in [-0.15, -0.1) is 0 Å². The van der Waals surface area contributed by atoms with Gasteiger partial charge in [-0.05, 0) is 33.2 Å². The molecule has 2 rings (SSSR count). The molecule has 1 aromatic rings. The van der Waals surface area contributed by atoms with Gasteiger partial charge >= 0.3 is 0 Å². The van der Waals surface area contributed by atoms with Gasteiger partial charge in [0, 0.05) is 36.3 Å². The lowest BCUT2D eigenvalue weighted by molar-refractivity contribution is 0.190. The molecule has 6 nitrogen and oxygen atoms in total. The van der Waals surface area contributed by atoms with Gasteiger partial charge in [0.15, 0.2) is 0 Å². The van der Waals surface area contributed by atoms with Crippen molar-refractivity contribution in [2.45, 2.75) is 33.2 Å². The normalized spacial score (nSPS) is 20.5. The van der Waals surface area contributed by atoms with Crippen molar-refractivity contribution >= 4 is 5.84 Å². The highest BCUT2D eigenvalue weighted by atomic mass is 16.5. The van der Waals surface area contributed by atoms with Crippen LogP contribution in [0.25, 0.3) is 0 Å². The van der Waals surface area contributed by atoms with Crippen molar-refractivity contribution in [2.24, 2.45) is 16.8 Å². The molecule has 116 valence electrons. The van der Waals surface area contributed by atoms with Crippen LogP contribution in [0.15, 0.2) is 11.4 Å². The van der Waals surface area contributed by atoms with Crippen molar-refractivity contribution in [3.63, 3.8) is 0 Å². The summed E-state index contributed by atoms with van der Waals surface area (Å²) in [5, 5.41) is 12.0. The lowest BCUT2D eigenvalue weighted by atomic mass is 9.96. The fourth-order valence-corrected chi connectivity index (χ4v) is 2.96. The molecule has 0 spiro atoms. The Bertz CT molecular complexity index is 531. The quantitative estimate of drug-likeness (QED) is 0.382. The molecular weight excluding hydrogens is 268 g/mol. The number of aryl methyl sites for hydroxylation is 1. The third-order valence-electron chi connectivity index (χ3n) is 4.16. The van der Waals surface area contributed by atoms with Crippen molar-refractivity contribution in [3.05, 3.63) is 23.0 Å². The summed E-state index contributed by atoms with van der Waals surface area (Å²) in [6.07, 6.45) is 3.87. The molecule has 1 atom stereocenters. The van der Waals surface area contributed by atoms with Crippen LogP contribution >= 0.6 is 0 Å². The topological polar surface area (TPSA) is 84.0 Å². The van der Waals surface area contributed by atoms with E-state index in [1.807, 2.05) is 20.0 Å². The number of pyridine rings is 1. The second-order valence-electron chi connectivity index (χ2n) is 5.65. The highest BCUT2D eigenvalue weighted by Gasteiger charge is 2.24. The SMILES string of the molecule is COc1c(C)cnc(CN2CCCC(C(N)=NO)C2)c1C. The Morgan fingerprint density at radius 2 is 2.33 bits per heavy atom. The maximum Gasteiger partial charge on any atom is 0.143 e. The second-order valence-corrected chi connectivity index (χ2v) is 5.65. The molecule has 1 fully saturated rings. The van der Waals surface area contributed by atoms with Crippen LogP contribution in [-0.4, -0.2) is 41.1 Å². The van der Waals surface area contributed by atoms with Crippen LogP contribution in [0.1, 0.15) is 29.7 Å². The molecule has 1 saturated heterocycles. The lowest BCUT2D eigenvalue weighted by Gasteiger charge is -2.32. The summed E-state index contributed by atoms with van der Waals surface area (Å²) in [7, 11) is 1.69. The van der Waals surface area contributed by atoms with Crippen LogP contribution in [0.5, 0.6) is 5.75 Å². The van der Waals surface area contributed by atoms with Gasteiger partial charge in [0.05, 0.1) is 12.8 Å². The van der Waals surface area contributed by atoms with E-state index < -0.39 is 0 Å². The van der Waals surface area contributed by atoms with Crippen LogP contribution in [0, 0.1) is 19.8 Å². The van der Waals surface area contributed by atoms with E-state index in [0.717, 1.165) is 55.0 Å². The molecule has 6 heteroatoms. The van der Waals surface area contributed by atoms with Crippen molar-refractivity contribution in [3.8, 4) is 5.75 Å². The number of hydrogen-bond donors (Lipinski definition) is 2. The molecule has 1 aliphatic rings. The second kappa shape index (κ2) is 6.76. The van der Waals surface area contributed by atoms with E-state index in [1.54, 1.807) is 7.11 Å². The number of ether oxygens (including phenoxy) is 1. The molecule has 3 N–H and O–H groups in total. The first-order valence-corrected chi connectivity index (χ1v) is 7.25. The molecule has 0 radical (unpaired) electrons. The smallest absolute Gasteiger partial charge is 0.143 e. The number of methoxy groups -OCH3 is 1. The van der Waals surface area contributed by atoms with Crippen molar-refractivity contribution in [1.82, 2.24) is 9.88 Å². The summed E-state index contributed by atoms with van der Waals surface area (Å²) in [5.74, 6) is 1.35. The average Bonchev–Trinajstić information content (AvgIpc) is 2.50. The average molecular weight is 292 g/mol. The molecule has 1 aromatic heterocycles. The number of oxime groups is 1. The minimum absolute atomic E-state index is 0.122. The van der Waals surface area contributed by atoms with E-state index in [9.17, 15) is 0 Å². The van der Waals surface area contributed by atoms with Gasteiger partial charge in [0.25, 0.3) is 0 Å². The van der Waals surface area contributed by atoms with E-state index in [1.165, 1.54) is 0 Å². The maximum absolute atomic E-state index is 8.82. The third kappa shape index (κ3) is 3.44. The largest absolute Gasteiger partial charge is 0.496 e. The molecular formula is C15H24N4O2. The third-order valence-corrected chi connectivity index (χ3v) is 4.16. The van der Waals surface area contributed by atoms with Gasteiger partial charge in [0.2, 0.25) is 0 Å². The maximum atomic E-state index is 8.82. The molecule has 0 amide bonds. The van der Waals surface area contributed by atoms with Gasteiger partial charge in [-0.2, -0.15) is 0 Å². The molecule has 1 aliphatic heterocycles. The number of piperidine rings is 1. The molecule has 0 aromatic carbocycles. The molecule has 0 bridgehead atoms. The molecule has 21 heavy (non-hydrogen) atoms. The summed E-state index contributed by atoms with van der Waals surface area (Å²) in [5.41, 5.74) is 8.90. The predicted molar refractivity (Wildman–Crippen MR) is 81.7 cm³/mol. The molecule has 0 aliphatic carbocycles. The Kier molecular flexibility index (Phi) is 5.01. The Morgan fingerprint density at radius 1 is 1.57 bits per heavy atom. The van der Waals surface area contributed by atoms with E-state index in [4.69, 9.17) is 15.7 Å². The zero-order chi connectivity index (χ0) is 15.4. The molecule has 0 saturated carbocycles. The van der Waals surface area contributed by atoms with Gasteiger partial charge in [0.1, 0.15) is 11.6 Å². The first-order chi connectivity index (χ1) is 10.1. The number of aromatic nitrogens is 1. The summed E-state index contributed by atoms with van der Waals surface area (Å²) in [4.78, 5) is 6.84. The fourth-order valence-electron chi connectivity index (χ4n) is 2.96. The first-order valence-electron chi connectivity index (χ1n) is 7.25. The number of hydrogen-bond acceptors (Lipinski definition) is 5. The minimum atomic E-state index is 0.122. The van der Waals surface area contributed by atoms with Crippen LogP contribution in [0.4, 0.5) is 0 Å². The van der Waals surface area contributed by atoms with E-state index >= 15 is 0 Å². The number of nitrogens with zero attached hydrogens (tertiary/aromatic N) is 3. The van der Waals surface area contributed by atoms with Crippen LogP contribution < -0.4 is 10.5 Å². The Hall–Kier alpha value is -1.82. The highest BCUT2D eigenvalue weighted by molar-refractivity contribution is 5.82. The number of rotatable bonds is 4. The molecule has 1 unspecified atom stereocenters. The first kappa shape index (κ1) is 15.6. The van der Waals surface area contributed by atoms with Gasteiger partial charge in [-0.1, -0.05) is 5.16 Å². The van der Waals surface area contributed by atoms with Crippen molar-refractivity contribution in [1.29, 1.82) is 0 Å². The van der Waals surface area contributed by atoms with Crippen molar-refractivity contribution in [2.75, 3.05) is 20.2 Å². The number of nitrogens with two attached hydrogens (primary N) is 1. The van der Waals surface area contributed by atoms with Crippen molar-refractivity contribution < 1.29 is 9.94 Å². The summed E-state index contributed by atoms with van der Waals surface area (Å²) < 4.78 is 5.45. The number of amidine groups is 1. The van der Waals surface area contributed by atoms with Gasteiger partial charge in [-0.3, -0.25) is 9.88 Å². The monoisotopic (exact) mass is 292 g/mol. The zero-order valence-corrected chi connectivity index (χ0v) is 13.0. The predicted octanol–water partition coefficient (Wildman–Crippen LogP) is 1.67. The van der Waals surface area contributed by atoms with Gasteiger partial charge < -0.3 is 15.7 Å². The standard InChI is InChI=1S/C15H24N4O2/c1-10-7-17-13(11(2)14(10)21-3)9-19-6-4-5-12(8-19)15(16)18-20/h7,12,20H,4-6,8-9H2,1-3H3,(H2,16,18). The van der Waals surface area contributed by atoms with E-state index in [-0.39, 0.29) is 5.92 Å². The Balaban J connectivity index is 2.11. The fraction of sp³-hybridized carbons (Fsp3) is 0.600. The highest BCUT2D eigenvalue weighted by Crippen LogP contribution is 2.26. The van der Waals surface area contributed by atoms with E-state index in [2.05, 4.69) is 15.0 Å². The minimum Gasteiger partial charge on any atom is -0.496 e. The van der Waals surface area contributed by atoms with E-state index in [0.29, 0.717) is 5.84 Å². The summed E-state index contributed by atoms with van der Waals surface area (Å²) in [6, 6.07) is 0. The van der Waals surface area contributed by atoms with Crippen LogP contribution in [0.3, 0.4) is 0 Å². The summed E-state index contributed by atoms with van der Waals surface area (Å²) in [6.45, 7) is 6.61. The number of likely N-dealkylation sites (tertiary alicyclic amines) is 1. The zero-order valence-electron chi connectivity index (χ0n) is 13.0.